The van der Waals surface area contributed by atoms with E-state index in [-0.39, 0.29) is 0 Å². The smallest absolute Gasteiger partial charge is 0.0195 e. The van der Waals surface area contributed by atoms with Crippen LogP contribution in [0.3, 0.4) is 0 Å². The molecule has 1 fully saturated rings. The first kappa shape index (κ1) is 14.0. The SMILES string of the molecule is CCCC1CN(CCCCC(C)C)CCN1. The molecule has 1 unspecified atom stereocenters. The van der Waals surface area contributed by atoms with Crippen molar-refractivity contribution >= 4 is 0 Å². The zero-order valence-electron chi connectivity index (χ0n) is 11.5. The minimum Gasteiger partial charge on any atom is -0.311 e. The van der Waals surface area contributed by atoms with Gasteiger partial charge in [-0.15, -0.1) is 0 Å². The Hall–Kier alpha value is -0.0800. The first-order valence-electron chi connectivity index (χ1n) is 7.18. The Bertz CT molecular complexity index is 166. The van der Waals surface area contributed by atoms with Crippen LogP contribution in [0.4, 0.5) is 0 Å². The van der Waals surface area contributed by atoms with Crippen LogP contribution in [-0.4, -0.2) is 37.1 Å². The number of hydrogen-bond acceptors (Lipinski definition) is 2. The summed E-state index contributed by atoms with van der Waals surface area (Å²) in [6.07, 6.45) is 6.82. The molecule has 1 rings (SSSR count). The maximum absolute atomic E-state index is 3.62. The highest BCUT2D eigenvalue weighted by Crippen LogP contribution is 2.09. The molecule has 2 heteroatoms. The summed E-state index contributed by atoms with van der Waals surface area (Å²) < 4.78 is 0. The third-order valence-electron chi connectivity index (χ3n) is 3.48. The summed E-state index contributed by atoms with van der Waals surface area (Å²) in [6.45, 7) is 12.0. The summed E-state index contributed by atoms with van der Waals surface area (Å²) in [7, 11) is 0. The lowest BCUT2D eigenvalue weighted by Crippen LogP contribution is -2.50. The molecule has 0 aromatic carbocycles. The second-order valence-corrected chi connectivity index (χ2v) is 5.63. The van der Waals surface area contributed by atoms with Crippen molar-refractivity contribution in [1.29, 1.82) is 0 Å². The molecule has 0 aliphatic carbocycles. The van der Waals surface area contributed by atoms with E-state index in [9.17, 15) is 0 Å². The quantitative estimate of drug-likeness (QED) is 0.672. The predicted octanol–water partition coefficient (Wildman–Crippen LogP) is 2.89. The van der Waals surface area contributed by atoms with Gasteiger partial charge in [0, 0.05) is 25.7 Å². The zero-order valence-corrected chi connectivity index (χ0v) is 11.5. The van der Waals surface area contributed by atoms with Gasteiger partial charge in [-0.2, -0.15) is 0 Å². The van der Waals surface area contributed by atoms with Crippen molar-refractivity contribution in [3.05, 3.63) is 0 Å². The lowest BCUT2D eigenvalue weighted by atomic mass is 10.1. The van der Waals surface area contributed by atoms with Gasteiger partial charge in [0.05, 0.1) is 0 Å². The fourth-order valence-electron chi connectivity index (χ4n) is 2.53. The van der Waals surface area contributed by atoms with Crippen LogP contribution >= 0.6 is 0 Å². The van der Waals surface area contributed by atoms with Gasteiger partial charge in [-0.05, 0) is 25.3 Å². The molecule has 0 aromatic rings. The van der Waals surface area contributed by atoms with Gasteiger partial charge in [0.1, 0.15) is 0 Å². The number of rotatable bonds is 7. The zero-order chi connectivity index (χ0) is 11.8. The maximum Gasteiger partial charge on any atom is 0.0195 e. The monoisotopic (exact) mass is 226 g/mol. The van der Waals surface area contributed by atoms with Crippen LogP contribution in [0.25, 0.3) is 0 Å². The van der Waals surface area contributed by atoms with Crippen LogP contribution in [0.15, 0.2) is 0 Å². The summed E-state index contributed by atoms with van der Waals surface area (Å²) in [4.78, 5) is 2.65. The predicted molar refractivity (Wildman–Crippen MR) is 71.8 cm³/mol. The molecular formula is C14H30N2. The van der Waals surface area contributed by atoms with Gasteiger partial charge in [0.15, 0.2) is 0 Å². The Balaban J connectivity index is 2.07. The van der Waals surface area contributed by atoms with Crippen LogP contribution < -0.4 is 5.32 Å². The van der Waals surface area contributed by atoms with E-state index < -0.39 is 0 Å². The number of piperazine rings is 1. The van der Waals surface area contributed by atoms with E-state index in [4.69, 9.17) is 0 Å². The van der Waals surface area contributed by atoms with Crippen molar-refractivity contribution in [2.75, 3.05) is 26.2 Å². The molecule has 0 spiro atoms. The molecule has 2 nitrogen and oxygen atoms in total. The first-order chi connectivity index (χ1) is 7.72. The minimum absolute atomic E-state index is 0.754. The molecule has 1 aliphatic heterocycles. The third kappa shape index (κ3) is 5.86. The van der Waals surface area contributed by atoms with E-state index in [0.717, 1.165) is 12.0 Å². The molecule has 0 saturated carbocycles. The average molecular weight is 226 g/mol. The van der Waals surface area contributed by atoms with Crippen LogP contribution in [0.1, 0.15) is 52.9 Å². The lowest BCUT2D eigenvalue weighted by molar-refractivity contribution is 0.190. The van der Waals surface area contributed by atoms with E-state index in [2.05, 4.69) is 31.0 Å². The minimum atomic E-state index is 0.754. The first-order valence-corrected chi connectivity index (χ1v) is 7.18. The van der Waals surface area contributed by atoms with Crippen molar-refractivity contribution in [2.45, 2.75) is 58.9 Å². The number of nitrogens with zero attached hydrogens (tertiary/aromatic N) is 1. The van der Waals surface area contributed by atoms with E-state index in [1.165, 1.54) is 58.3 Å². The molecule has 0 amide bonds. The highest BCUT2D eigenvalue weighted by molar-refractivity contribution is 4.77. The van der Waals surface area contributed by atoms with Crippen LogP contribution in [0.2, 0.25) is 0 Å². The summed E-state index contributed by atoms with van der Waals surface area (Å²) in [5.41, 5.74) is 0. The van der Waals surface area contributed by atoms with E-state index >= 15 is 0 Å². The molecule has 0 radical (unpaired) electrons. The molecule has 1 heterocycles. The van der Waals surface area contributed by atoms with Gasteiger partial charge in [-0.1, -0.05) is 40.0 Å². The Morgan fingerprint density at radius 3 is 2.81 bits per heavy atom. The van der Waals surface area contributed by atoms with Gasteiger partial charge < -0.3 is 10.2 Å². The normalized spacial score (nSPS) is 22.9. The average Bonchev–Trinajstić information content (AvgIpc) is 2.25. The second-order valence-electron chi connectivity index (χ2n) is 5.63. The van der Waals surface area contributed by atoms with Crippen LogP contribution in [0.5, 0.6) is 0 Å². The van der Waals surface area contributed by atoms with Crippen molar-refractivity contribution in [3.63, 3.8) is 0 Å². The fraction of sp³-hybridized carbons (Fsp3) is 1.00. The molecular weight excluding hydrogens is 196 g/mol. The van der Waals surface area contributed by atoms with Crippen molar-refractivity contribution in [3.8, 4) is 0 Å². The van der Waals surface area contributed by atoms with Gasteiger partial charge in [-0.25, -0.2) is 0 Å². The maximum atomic E-state index is 3.62. The molecule has 0 aromatic heterocycles. The molecule has 1 N–H and O–H groups in total. The lowest BCUT2D eigenvalue weighted by Gasteiger charge is -2.33. The Morgan fingerprint density at radius 1 is 1.31 bits per heavy atom. The summed E-state index contributed by atoms with van der Waals surface area (Å²) >= 11 is 0. The second kappa shape index (κ2) is 8.08. The Morgan fingerprint density at radius 2 is 2.12 bits per heavy atom. The summed E-state index contributed by atoms with van der Waals surface area (Å²) in [5.74, 6) is 0.871. The summed E-state index contributed by atoms with van der Waals surface area (Å²) in [5, 5.41) is 3.62. The Kier molecular flexibility index (Phi) is 7.06. The van der Waals surface area contributed by atoms with Crippen molar-refractivity contribution in [1.82, 2.24) is 10.2 Å². The van der Waals surface area contributed by atoms with Gasteiger partial charge >= 0.3 is 0 Å². The molecule has 1 saturated heterocycles. The van der Waals surface area contributed by atoms with Gasteiger partial charge in [0.25, 0.3) is 0 Å². The molecule has 96 valence electrons. The fourth-order valence-corrected chi connectivity index (χ4v) is 2.53. The van der Waals surface area contributed by atoms with Gasteiger partial charge in [0.2, 0.25) is 0 Å². The van der Waals surface area contributed by atoms with Gasteiger partial charge in [-0.3, -0.25) is 0 Å². The van der Waals surface area contributed by atoms with E-state index in [1.807, 2.05) is 0 Å². The third-order valence-corrected chi connectivity index (χ3v) is 3.48. The highest BCUT2D eigenvalue weighted by atomic mass is 15.2. The van der Waals surface area contributed by atoms with Crippen LogP contribution in [-0.2, 0) is 0 Å². The molecule has 1 aliphatic rings. The van der Waals surface area contributed by atoms with Crippen molar-refractivity contribution < 1.29 is 0 Å². The number of unbranched alkanes of at least 4 members (excludes halogenated alkanes) is 1. The number of nitrogens with one attached hydrogen (secondary N) is 1. The number of hydrogen-bond donors (Lipinski definition) is 1. The topological polar surface area (TPSA) is 15.3 Å². The molecule has 16 heavy (non-hydrogen) atoms. The molecule has 1 atom stereocenters. The van der Waals surface area contributed by atoms with Crippen LogP contribution in [0, 0.1) is 5.92 Å². The van der Waals surface area contributed by atoms with E-state index in [0.29, 0.717) is 0 Å². The van der Waals surface area contributed by atoms with E-state index in [1.54, 1.807) is 0 Å². The standard InChI is InChI=1S/C14H30N2/c1-4-7-14-12-16(11-9-15-14)10-6-5-8-13(2)3/h13-15H,4-12H2,1-3H3. The highest BCUT2D eigenvalue weighted by Gasteiger charge is 2.17. The Labute approximate surface area is 102 Å². The molecule has 0 bridgehead atoms. The summed E-state index contributed by atoms with van der Waals surface area (Å²) in [6, 6.07) is 0.754. The largest absolute Gasteiger partial charge is 0.311 e. The van der Waals surface area contributed by atoms with Crippen molar-refractivity contribution in [2.24, 2.45) is 5.92 Å².